The van der Waals surface area contributed by atoms with Crippen LogP contribution in [0.5, 0.6) is 0 Å². The van der Waals surface area contributed by atoms with Crippen molar-refractivity contribution in [3.8, 4) is 11.1 Å². The Balaban J connectivity index is 2.63. The number of ketones is 1. The largest absolute Gasteiger partial charge is 0.392 e. The van der Waals surface area contributed by atoms with E-state index in [1.54, 1.807) is 6.92 Å². The Labute approximate surface area is 142 Å². The molecule has 0 spiro atoms. The Kier molecular flexibility index (Phi) is 5.40. The molecule has 0 fully saturated rings. The van der Waals surface area contributed by atoms with Crippen LogP contribution in [0, 0.1) is 6.92 Å². The quantitative estimate of drug-likeness (QED) is 0.784. The number of aliphatic hydroxyl groups is 1. The zero-order chi connectivity index (χ0) is 17.1. The number of hydrogen-bond acceptors (Lipinski definition) is 2. The number of Topliss-reactive ketones (excluding diaryl/α,β-unsaturated/α-hetero) is 1. The minimum atomic E-state index is 0.0275. The van der Waals surface area contributed by atoms with E-state index in [0.29, 0.717) is 5.02 Å². The number of rotatable bonds is 4. The van der Waals surface area contributed by atoms with Gasteiger partial charge in [0.2, 0.25) is 0 Å². The second kappa shape index (κ2) is 7.12. The van der Waals surface area contributed by atoms with E-state index < -0.39 is 0 Å². The van der Waals surface area contributed by atoms with Gasteiger partial charge in [-0.15, -0.1) is 0 Å². The average Bonchev–Trinajstić information content (AvgIpc) is 2.55. The maximum Gasteiger partial charge on any atom is 0.155 e. The van der Waals surface area contributed by atoms with Crippen molar-refractivity contribution in [1.82, 2.24) is 0 Å². The summed E-state index contributed by atoms with van der Waals surface area (Å²) in [5.74, 6) is 0.0655. The third kappa shape index (κ3) is 3.72. The van der Waals surface area contributed by atoms with Crippen LogP contribution in [0.1, 0.15) is 37.5 Å². The fourth-order valence-electron chi connectivity index (χ4n) is 2.62. The van der Waals surface area contributed by atoms with E-state index in [1.165, 1.54) is 0 Å². The minimum absolute atomic E-state index is 0.0275. The van der Waals surface area contributed by atoms with Crippen molar-refractivity contribution in [3.05, 3.63) is 63.7 Å². The van der Waals surface area contributed by atoms with Gasteiger partial charge in [0, 0.05) is 5.02 Å². The molecule has 2 nitrogen and oxygen atoms in total. The first-order valence-corrected chi connectivity index (χ1v) is 7.92. The molecule has 0 saturated carbocycles. The minimum Gasteiger partial charge on any atom is -0.392 e. The average molecular weight is 329 g/mol. The van der Waals surface area contributed by atoms with Gasteiger partial charge in [0.05, 0.1) is 6.61 Å². The summed E-state index contributed by atoms with van der Waals surface area (Å²) >= 11 is 6.31. The van der Waals surface area contributed by atoms with Crippen molar-refractivity contribution in [1.29, 1.82) is 0 Å². The van der Waals surface area contributed by atoms with Gasteiger partial charge < -0.3 is 5.11 Å². The molecule has 0 aliphatic carbocycles. The Bertz CT molecular complexity index is 771. The normalized spacial score (nSPS) is 12.1. The molecule has 0 atom stereocenters. The molecule has 2 rings (SSSR count). The van der Waals surface area contributed by atoms with Gasteiger partial charge in [0.25, 0.3) is 0 Å². The lowest BCUT2D eigenvalue weighted by molar-refractivity contribution is -0.113. The van der Waals surface area contributed by atoms with Crippen LogP contribution in [0.2, 0.25) is 5.02 Å². The van der Waals surface area contributed by atoms with E-state index in [2.05, 4.69) is 0 Å². The molecule has 0 aromatic heterocycles. The molecule has 0 amide bonds. The molecule has 0 bridgehead atoms. The Morgan fingerprint density at radius 3 is 2.22 bits per heavy atom. The van der Waals surface area contributed by atoms with Crippen LogP contribution >= 0.6 is 11.6 Å². The zero-order valence-electron chi connectivity index (χ0n) is 13.9. The molecule has 0 heterocycles. The van der Waals surface area contributed by atoms with Crippen LogP contribution in [-0.4, -0.2) is 10.9 Å². The fraction of sp³-hybridized carbons (Fsp3) is 0.250. The van der Waals surface area contributed by atoms with E-state index in [-0.39, 0.29) is 12.4 Å². The molecule has 0 saturated heterocycles. The van der Waals surface area contributed by atoms with Gasteiger partial charge in [-0.2, -0.15) is 0 Å². The summed E-state index contributed by atoms with van der Waals surface area (Å²) < 4.78 is 0. The lowest BCUT2D eigenvalue weighted by atomic mass is 9.90. The van der Waals surface area contributed by atoms with E-state index >= 15 is 0 Å². The van der Waals surface area contributed by atoms with Gasteiger partial charge in [-0.3, -0.25) is 4.79 Å². The lowest BCUT2D eigenvalue weighted by Gasteiger charge is -2.15. The second-order valence-electron chi connectivity index (χ2n) is 5.79. The van der Waals surface area contributed by atoms with Crippen molar-refractivity contribution in [3.63, 3.8) is 0 Å². The molecule has 0 radical (unpaired) electrons. The first-order valence-electron chi connectivity index (χ1n) is 7.54. The molecular formula is C20H21ClO2. The number of carbonyl (C=O) groups is 1. The van der Waals surface area contributed by atoms with Crippen molar-refractivity contribution in [2.45, 2.75) is 34.3 Å². The molecule has 0 unspecified atom stereocenters. The number of carbonyl (C=O) groups excluding carboxylic acids is 1. The fourth-order valence-corrected chi connectivity index (χ4v) is 2.84. The molecule has 2 aromatic carbocycles. The molecule has 2 aromatic rings. The summed E-state index contributed by atoms with van der Waals surface area (Å²) in [5.41, 5.74) is 6.72. The van der Waals surface area contributed by atoms with Gasteiger partial charge in [-0.1, -0.05) is 35.9 Å². The maximum absolute atomic E-state index is 11.7. The lowest BCUT2D eigenvalue weighted by Crippen LogP contribution is -1.98. The Morgan fingerprint density at radius 1 is 1.09 bits per heavy atom. The number of allylic oxidation sites excluding steroid dienone is 2. The summed E-state index contributed by atoms with van der Waals surface area (Å²) in [5, 5.41) is 9.81. The highest BCUT2D eigenvalue weighted by atomic mass is 35.5. The van der Waals surface area contributed by atoms with Crippen LogP contribution in [0.15, 0.2) is 42.0 Å². The monoisotopic (exact) mass is 328 g/mol. The highest BCUT2D eigenvalue weighted by Gasteiger charge is 2.13. The Hall–Kier alpha value is -1.90. The van der Waals surface area contributed by atoms with Gasteiger partial charge in [0.1, 0.15) is 0 Å². The van der Waals surface area contributed by atoms with Crippen LogP contribution in [0.4, 0.5) is 0 Å². The molecule has 0 aliphatic heterocycles. The number of benzene rings is 2. The molecule has 120 valence electrons. The molecule has 23 heavy (non-hydrogen) atoms. The smallest absolute Gasteiger partial charge is 0.155 e. The van der Waals surface area contributed by atoms with Gasteiger partial charge in [0.15, 0.2) is 5.78 Å². The summed E-state index contributed by atoms with van der Waals surface area (Å²) in [6.45, 7) is 7.44. The van der Waals surface area contributed by atoms with E-state index in [4.69, 9.17) is 16.7 Å². The third-order valence-corrected chi connectivity index (χ3v) is 4.53. The highest BCUT2D eigenvalue weighted by molar-refractivity contribution is 6.31. The van der Waals surface area contributed by atoms with Crippen molar-refractivity contribution in [2.75, 3.05) is 0 Å². The standard InChI is InChI=1S/C20H21ClO2/c1-12(15(4)23)13(2)19-9-18(21)10-20(14(19)3)17-7-5-16(11-22)6-8-17/h5-10,22H,11H2,1-4H3/b13-12+. The molecule has 3 heteroatoms. The van der Waals surface area contributed by atoms with Crippen molar-refractivity contribution < 1.29 is 9.90 Å². The van der Waals surface area contributed by atoms with E-state index in [1.807, 2.05) is 57.2 Å². The van der Waals surface area contributed by atoms with Crippen molar-refractivity contribution >= 4 is 23.0 Å². The van der Waals surface area contributed by atoms with Crippen LogP contribution in [0.25, 0.3) is 16.7 Å². The molecule has 0 aliphatic rings. The predicted molar refractivity (Wildman–Crippen MR) is 96.5 cm³/mol. The number of hydrogen-bond donors (Lipinski definition) is 1. The van der Waals surface area contributed by atoms with Gasteiger partial charge in [-0.05, 0) is 78.8 Å². The number of aliphatic hydroxyl groups excluding tert-OH is 1. The zero-order valence-corrected chi connectivity index (χ0v) is 14.7. The van der Waals surface area contributed by atoms with Gasteiger partial charge >= 0.3 is 0 Å². The number of halogens is 1. The first kappa shape index (κ1) is 17.5. The summed E-state index contributed by atoms with van der Waals surface area (Å²) in [4.78, 5) is 11.7. The van der Waals surface area contributed by atoms with Crippen LogP contribution in [-0.2, 0) is 11.4 Å². The van der Waals surface area contributed by atoms with Crippen molar-refractivity contribution in [2.24, 2.45) is 0 Å². The predicted octanol–water partition coefficient (Wildman–Crippen LogP) is 5.19. The van der Waals surface area contributed by atoms with Gasteiger partial charge in [-0.25, -0.2) is 0 Å². The Morgan fingerprint density at radius 2 is 1.70 bits per heavy atom. The van der Waals surface area contributed by atoms with Crippen LogP contribution in [0.3, 0.4) is 0 Å². The van der Waals surface area contributed by atoms with E-state index in [0.717, 1.165) is 39.0 Å². The first-order chi connectivity index (χ1) is 10.8. The third-order valence-electron chi connectivity index (χ3n) is 4.31. The van der Waals surface area contributed by atoms with E-state index in [9.17, 15) is 4.79 Å². The van der Waals surface area contributed by atoms with Crippen LogP contribution < -0.4 is 0 Å². The SMILES string of the molecule is CC(=O)/C(C)=C(\C)c1cc(Cl)cc(-c2ccc(CO)cc2)c1C. The molecule has 1 N–H and O–H groups in total. The summed E-state index contributed by atoms with van der Waals surface area (Å²) in [6.07, 6.45) is 0. The summed E-state index contributed by atoms with van der Waals surface area (Å²) in [6, 6.07) is 11.6. The summed E-state index contributed by atoms with van der Waals surface area (Å²) in [7, 11) is 0. The highest BCUT2D eigenvalue weighted by Crippen LogP contribution is 2.34. The maximum atomic E-state index is 11.7. The second-order valence-corrected chi connectivity index (χ2v) is 6.22. The topological polar surface area (TPSA) is 37.3 Å². The molecular weight excluding hydrogens is 308 g/mol.